The summed E-state index contributed by atoms with van der Waals surface area (Å²) in [4.78, 5) is 27.2. The third-order valence-electron chi connectivity index (χ3n) is 12.8. The molecule has 7 rings (SSSR count). The average Bonchev–Trinajstić information content (AvgIpc) is 3.90. The van der Waals surface area contributed by atoms with E-state index in [9.17, 15) is 9.59 Å². The molecule has 1 fully saturated rings. The predicted molar refractivity (Wildman–Crippen MR) is 323 cm³/mol. The summed E-state index contributed by atoms with van der Waals surface area (Å²) in [7, 11) is 7.14. The fourth-order valence-corrected chi connectivity index (χ4v) is 9.37. The second-order valence-electron chi connectivity index (χ2n) is 22.2. The number of carbonyl (C=O) groups excluding carboxylic acids is 2. The maximum absolute atomic E-state index is 12.0. The van der Waals surface area contributed by atoms with Gasteiger partial charge in [0, 0.05) is 66.6 Å². The molecule has 0 unspecified atom stereocenters. The minimum Gasteiger partial charge on any atom is -0.494 e. The summed E-state index contributed by atoms with van der Waals surface area (Å²) in [5.74, 6) is 1.72. The Balaban J connectivity index is 0.000000230. The lowest BCUT2D eigenvalue weighted by molar-refractivity contribution is 0.00578. The number of benzene rings is 4. The summed E-state index contributed by atoms with van der Waals surface area (Å²) in [6.45, 7) is 22.3. The highest BCUT2D eigenvalue weighted by molar-refractivity contribution is 14.1. The molecule has 6 aromatic rings. The van der Waals surface area contributed by atoms with Crippen LogP contribution in [0, 0.1) is 3.70 Å². The Morgan fingerprint density at radius 3 is 1.47 bits per heavy atom. The molecule has 3 heterocycles. The van der Waals surface area contributed by atoms with Gasteiger partial charge in [0.15, 0.2) is 0 Å². The van der Waals surface area contributed by atoms with E-state index in [4.69, 9.17) is 33.4 Å². The average molecular weight is 1290 g/mol. The van der Waals surface area contributed by atoms with Gasteiger partial charge in [-0.2, -0.15) is 10.2 Å². The lowest BCUT2D eigenvalue weighted by atomic mass is 9.79. The smallest absolute Gasteiger partial charge is 0.494 e. The molecule has 4 aromatic carbocycles. The second kappa shape index (κ2) is 28.0. The van der Waals surface area contributed by atoms with Crippen LogP contribution >= 0.6 is 54.5 Å². The van der Waals surface area contributed by atoms with Gasteiger partial charge in [0.25, 0.3) is 0 Å². The SMILES string of the molecule is CN(CCCCCCOc1ccc(-c2nn(C)c3cc(Br)ccc23)cc1)C(=O)OC(C)(C)C.CN(CCCCCCOc1ccc(B2OC(C)(C)C(C)(C)O2)cc1)C(=O)OC(C)(C)C.Cn1nc(I)c2ccc(Br)cc21. The fraction of sp³-hybridized carbons (Fsp3) is 0.517. The first-order chi connectivity index (χ1) is 35.6. The van der Waals surface area contributed by atoms with Crippen molar-refractivity contribution in [2.75, 3.05) is 40.4 Å². The number of halogens is 3. The number of rotatable bonds is 18. The topological polar surface area (TPSA) is 132 Å². The van der Waals surface area contributed by atoms with Gasteiger partial charge < -0.3 is 38.1 Å². The summed E-state index contributed by atoms with van der Waals surface area (Å²) in [5.41, 5.74) is 3.72. The number of fused-ring (bicyclic) bond motifs is 2. The zero-order valence-corrected chi connectivity index (χ0v) is 52.6. The van der Waals surface area contributed by atoms with Crippen molar-refractivity contribution in [1.29, 1.82) is 0 Å². The van der Waals surface area contributed by atoms with Crippen LogP contribution in [-0.2, 0) is 32.9 Å². The third kappa shape index (κ3) is 19.2. The quantitative estimate of drug-likeness (QED) is 0.0465. The van der Waals surface area contributed by atoms with Crippen molar-refractivity contribution in [3.05, 3.63) is 97.6 Å². The van der Waals surface area contributed by atoms with Crippen molar-refractivity contribution in [3.63, 3.8) is 0 Å². The first kappa shape index (κ1) is 62.5. The van der Waals surface area contributed by atoms with Crippen molar-refractivity contribution in [2.45, 2.75) is 143 Å². The Hall–Kier alpha value is -4.37. The van der Waals surface area contributed by atoms with Crippen LogP contribution in [0.1, 0.15) is 121 Å². The molecule has 2 aromatic heterocycles. The molecule has 0 atom stereocenters. The van der Waals surface area contributed by atoms with Crippen molar-refractivity contribution in [3.8, 4) is 22.8 Å². The number of nitrogens with zero attached hydrogens (tertiary/aromatic N) is 6. The first-order valence-corrected chi connectivity index (χ1v) is 28.9. The maximum atomic E-state index is 12.0. The second-order valence-corrected chi connectivity index (χ2v) is 25.1. The molecule has 14 nitrogen and oxygen atoms in total. The number of unbranched alkanes of at least 4 members (excludes halogenated alkanes) is 6. The van der Waals surface area contributed by atoms with E-state index in [1.807, 2.05) is 114 Å². The van der Waals surface area contributed by atoms with E-state index >= 15 is 0 Å². The number of aryl methyl sites for hydroxylation is 2. The molecule has 1 aliphatic rings. The van der Waals surface area contributed by atoms with Gasteiger partial charge in [0.2, 0.25) is 0 Å². The van der Waals surface area contributed by atoms with E-state index < -0.39 is 11.2 Å². The van der Waals surface area contributed by atoms with Gasteiger partial charge in [0.1, 0.15) is 32.1 Å². The highest BCUT2D eigenvalue weighted by Crippen LogP contribution is 2.37. The highest BCUT2D eigenvalue weighted by Gasteiger charge is 2.51. The molecule has 414 valence electrons. The number of ether oxygens (including phenoxy) is 4. The molecule has 0 bridgehead atoms. The van der Waals surface area contributed by atoms with Crippen LogP contribution in [0.3, 0.4) is 0 Å². The standard InChI is InChI=1S/C26H34BrN3O3.C24H40BNO5.C8H6BrIN2/c1-26(2,3)33-25(31)29(4)16-8-6-7-9-17-32-21-13-10-19(11-14-21)24-22-15-12-20(27)18-23(22)30(5)28-24;1-22(2,3)29-21(27)26(8)17-11-9-10-12-18-28-20-15-13-19(14-16-20)25-30-23(4,5)24(6,7)31-25;1-12-7-4-5(9)2-3-6(7)8(10)11-12/h10-15,18H,6-9,16-17H2,1-5H3;13-16H,9-12,17-18H2,1-8H3;2-4H,1H3. The number of amides is 2. The van der Waals surface area contributed by atoms with Crippen LogP contribution in [0.5, 0.6) is 11.5 Å². The van der Waals surface area contributed by atoms with Crippen molar-refractivity contribution >= 4 is 101 Å². The normalized spacial score (nSPS) is 13.9. The Bertz CT molecular complexity index is 2790. The monoisotopic (exact) mass is 1280 g/mol. The number of hydrogen-bond acceptors (Lipinski definition) is 10. The van der Waals surface area contributed by atoms with Gasteiger partial charge in [-0.25, -0.2) is 9.59 Å². The van der Waals surface area contributed by atoms with Crippen molar-refractivity contribution in [1.82, 2.24) is 29.4 Å². The van der Waals surface area contributed by atoms with E-state index in [0.29, 0.717) is 26.3 Å². The Morgan fingerprint density at radius 2 is 1.01 bits per heavy atom. The van der Waals surface area contributed by atoms with E-state index in [0.717, 1.165) is 109 Å². The lowest BCUT2D eigenvalue weighted by Crippen LogP contribution is -2.41. The molecule has 2 amide bonds. The van der Waals surface area contributed by atoms with Crippen LogP contribution in [0.25, 0.3) is 33.1 Å². The summed E-state index contributed by atoms with van der Waals surface area (Å²) in [5, 5.41) is 11.4. The number of hydrogen-bond donors (Lipinski definition) is 0. The molecule has 1 aliphatic heterocycles. The van der Waals surface area contributed by atoms with E-state index in [1.54, 1.807) is 23.9 Å². The van der Waals surface area contributed by atoms with Gasteiger partial charge in [-0.05, 0) is 196 Å². The predicted octanol–water partition coefficient (Wildman–Crippen LogP) is 14.5. The van der Waals surface area contributed by atoms with Crippen LogP contribution in [0.4, 0.5) is 9.59 Å². The molecule has 0 aliphatic carbocycles. The van der Waals surface area contributed by atoms with E-state index in [-0.39, 0.29) is 30.5 Å². The summed E-state index contributed by atoms with van der Waals surface area (Å²) in [6, 6.07) is 28.5. The minimum atomic E-state index is -0.455. The van der Waals surface area contributed by atoms with Gasteiger partial charge in [0.05, 0.1) is 35.4 Å². The molecule has 0 saturated carbocycles. The molecular formula is C58H80BBr2IN6O8. The largest absolute Gasteiger partial charge is 0.494 e. The lowest BCUT2D eigenvalue weighted by Gasteiger charge is -2.32. The summed E-state index contributed by atoms with van der Waals surface area (Å²) < 4.78 is 41.7. The molecule has 1 saturated heterocycles. The molecular weight excluding hydrogens is 1210 g/mol. The van der Waals surface area contributed by atoms with Crippen LogP contribution in [0.15, 0.2) is 93.9 Å². The third-order valence-corrected chi connectivity index (χ3v) is 14.6. The summed E-state index contributed by atoms with van der Waals surface area (Å²) >= 11 is 9.20. The molecule has 18 heteroatoms. The van der Waals surface area contributed by atoms with Crippen molar-refractivity contribution in [2.24, 2.45) is 14.1 Å². The maximum Gasteiger partial charge on any atom is 0.494 e. The van der Waals surface area contributed by atoms with Crippen LogP contribution in [-0.4, -0.2) is 111 Å². The van der Waals surface area contributed by atoms with Crippen LogP contribution in [0.2, 0.25) is 0 Å². The first-order valence-electron chi connectivity index (χ1n) is 26.2. The molecule has 0 radical (unpaired) electrons. The number of aromatic nitrogens is 4. The highest BCUT2D eigenvalue weighted by atomic mass is 127. The van der Waals surface area contributed by atoms with Gasteiger partial charge in [-0.1, -0.05) is 69.7 Å². The number of carbonyl (C=O) groups is 2. The zero-order chi connectivity index (χ0) is 56.0. The van der Waals surface area contributed by atoms with Gasteiger partial charge in [-0.3, -0.25) is 9.36 Å². The Labute approximate surface area is 482 Å². The van der Waals surface area contributed by atoms with E-state index in [2.05, 4.69) is 124 Å². The Kier molecular flexibility index (Phi) is 23.0. The van der Waals surface area contributed by atoms with E-state index in [1.165, 1.54) is 5.39 Å². The Morgan fingerprint density at radius 1 is 0.605 bits per heavy atom. The van der Waals surface area contributed by atoms with Crippen LogP contribution < -0.4 is 14.9 Å². The molecule has 0 N–H and O–H groups in total. The zero-order valence-electron chi connectivity index (χ0n) is 47.2. The van der Waals surface area contributed by atoms with Gasteiger partial charge >= 0.3 is 19.3 Å². The molecule has 0 spiro atoms. The molecule has 76 heavy (non-hydrogen) atoms. The van der Waals surface area contributed by atoms with Gasteiger partial charge in [-0.15, -0.1) is 0 Å². The fourth-order valence-electron chi connectivity index (χ4n) is 7.89. The van der Waals surface area contributed by atoms with Crippen molar-refractivity contribution < 1.29 is 37.8 Å². The minimum absolute atomic E-state index is 0.263. The summed E-state index contributed by atoms with van der Waals surface area (Å²) in [6.07, 6.45) is 7.59.